The molecule has 2 aromatic carbocycles. The minimum Gasteiger partial charge on any atom is -0.247 e. The summed E-state index contributed by atoms with van der Waals surface area (Å²) < 4.78 is 0. The highest BCUT2D eigenvalue weighted by Gasteiger charge is 1.98. The van der Waals surface area contributed by atoms with Crippen molar-refractivity contribution in [1.82, 2.24) is 4.98 Å². The molecule has 0 aliphatic carbocycles. The Kier molecular flexibility index (Phi) is 5.76. The first kappa shape index (κ1) is 17.1. The number of halogens is 2. The first-order valence-corrected chi connectivity index (χ1v) is 8.55. The third-order valence-corrected chi connectivity index (χ3v) is 3.85. The molecule has 0 aliphatic rings. The Bertz CT molecular complexity index is 965. The predicted molar refractivity (Wildman–Crippen MR) is 105 cm³/mol. The summed E-state index contributed by atoms with van der Waals surface area (Å²) in [5.74, 6) is 12.3. The summed E-state index contributed by atoms with van der Waals surface area (Å²) in [5.41, 5.74) is 4.68. The Morgan fingerprint density at radius 2 is 1.36 bits per heavy atom. The first-order chi connectivity index (χ1) is 12.2. The fourth-order valence-corrected chi connectivity index (χ4v) is 2.38. The largest absolute Gasteiger partial charge is 0.247 e. The van der Waals surface area contributed by atoms with Gasteiger partial charge in [0.25, 0.3) is 0 Å². The maximum atomic E-state index is 5.91. The second-order valence-electron chi connectivity index (χ2n) is 5.20. The maximum Gasteiger partial charge on any atom is 0.113 e. The molecule has 0 bridgehead atoms. The minimum absolute atomic E-state index is 0.333. The average Bonchev–Trinajstić information content (AvgIpc) is 2.67. The molecule has 3 heteroatoms. The summed E-state index contributed by atoms with van der Waals surface area (Å²) in [6, 6.07) is 19.3. The molecule has 0 atom stereocenters. The summed E-state index contributed by atoms with van der Waals surface area (Å²) in [6.07, 6.45) is 1.82. The van der Waals surface area contributed by atoms with Crippen LogP contribution in [0.1, 0.15) is 16.8 Å². The summed E-state index contributed by atoms with van der Waals surface area (Å²) >= 11 is 11.5. The number of benzene rings is 2. The Morgan fingerprint density at radius 3 is 1.96 bits per heavy atom. The fraction of sp³-hybridized carbons (Fsp3) is 0.0455. The molecule has 25 heavy (non-hydrogen) atoms. The van der Waals surface area contributed by atoms with E-state index < -0.39 is 0 Å². The zero-order valence-electron chi connectivity index (χ0n) is 13.3. The lowest BCUT2D eigenvalue weighted by atomic mass is 10.1. The minimum atomic E-state index is 0.333. The maximum absolute atomic E-state index is 5.91. The van der Waals surface area contributed by atoms with Crippen molar-refractivity contribution in [2.45, 2.75) is 0 Å². The molecule has 0 spiro atoms. The first-order valence-electron chi connectivity index (χ1n) is 7.63. The molecule has 120 valence electrons. The molecule has 0 saturated heterocycles. The van der Waals surface area contributed by atoms with Crippen molar-refractivity contribution < 1.29 is 0 Å². The number of pyridine rings is 1. The highest BCUT2D eigenvalue weighted by molar-refractivity contribution is 6.30. The number of rotatable bonds is 1. The van der Waals surface area contributed by atoms with Crippen molar-refractivity contribution in [3.63, 3.8) is 0 Å². The molecule has 1 heterocycles. The van der Waals surface area contributed by atoms with Crippen molar-refractivity contribution in [3.8, 4) is 34.8 Å². The van der Waals surface area contributed by atoms with Crippen LogP contribution in [0.4, 0.5) is 0 Å². The summed E-state index contributed by atoms with van der Waals surface area (Å²) in [5, 5.41) is 0.721. The highest BCUT2D eigenvalue weighted by atomic mass is 35.5. The van der Waals surface area contributed by atoms with Crippen LogP contribution in [0, 0.1) is 23.7 Å². The lowest BCUT2D eigenvalue weighted by molar-refractivity contribution is 1.29. The van der Waals surface area contributed by atoms with Gasteiger partial charge in [-0.15, -0.1) is 11.6 Å². The van der Waals surface area contributed by atoms with Crippen LogP contribution in [-0.4, -0.2) is 10.9 Å². The molecular weight excluding hydrogens is 349 g/mol. The summed E-state index contributed by atoms with van der Waals surface area (Å²) in [7, 11) is 0. The van der Waals surface area contributed by atoms with Gasteiger partial charge in [0.05, 0.1) is 5.88 Å². The van der Waals surface area contributed by atoms with Crippen LogP contribution in [-0.2, 0) is 0 Å². The van der Waals surface area contributed by atoms with E-state index in [9.17, 15) is 0 Å². The lowest BCUT2D eigenvalue weighted by Crippen LogP contribution is -1.84. The van der Waals surface area contributed by atoms with Crippen LogP contribution < -0.4 is 0 Å². The van der Waals surface area contributed by atoms with Crippen molar-refractivity contribution >= 4 is 23.2 Å². The van der Waals surface area contributed by atoms with E-state index >= 15 is 0 Å². The molecule has 3 rings (SSSR count). The molecule has 0 fully saturated rings. The van der Waals surface area contributed by atoms with Gasteiger partial charge in [0.1, 0.15) is 5.69 Å². The van der Waals surface area contributed by atoms with Gasteiger partial charge in [-0.1, -0.05) is 47.6 Å². The molecule has 0 saturated carbocycles. The van der Waals surface area contributed by atoms with Gasteiger partial charge in [0, 0.05) is 27.9 Å². The van der Waals surface area contributed by atoms with Crippen LogP contribution >= 0.6 is 23.2 Å². The zero-order chi connectivity index (χ0) is 17.5. The molecular formula is C22H13Cl2N. The van der Waals surface area contributed by atoms with E-state index in [-0.39, 0.29) is 0 Å². The van der Waals surface area contributed by atoms with Gasteiger partial charge in [-0.25, -0.2) is 4.98 Å². The quantitative estimate of drug-likeness (QED) is 0.418. The SMILES string of the molecule is ClCC#Cc1ccc(C#Cc2ccc(-c3ccc(Cl)cc3)cn2)cc1. The van der Waals surface area contributed by atoms with E-state index in [4.69, 9.17) is 23.2 Å². The molecule has 0 N–H and O–H groups in total. The van der Waals surface area contributed by atoms with E-state index in [0.717, 1.165) is 33.0 Å². The average molecular weight is 362 g/mol. The molecule has 1 nitrogen and oxygen atoms in total. The number of alkyl halides is 1. The van der Waals surface area contributed by atoms with Crippen LogP contribution in [0.2, 0.25) is 5.02 Å². The van der Waals surface area contributed by atoms with Gasteiger partial charge in [0.2, 0.25) is 0 Å². The van der Waals surface area contributed by atoms with Crippen molar-refractivity contribution in [1.29, 1.82) is 0 Å². The van der Waals surface area contributed by atoms with E-state index in [1.807, 2.05) is 66.9 Å². The smallest absolute Gasteiger partial charge is 0.113 e. The molecule has 1 aromatic heterocycles. The molecule has 0 aliphatic heterocycles. The zero-order valence-corrected chi connectivity index (χ0v) is 14.8. The van der Waals surface area contributed by atoms with Crippen LogP contribution in [0.3, 0.4) is 0 Å². The van der Waals surface area contributed by atoms with E-state index in [2.05, 4.69) is 28.7 Å². The Balaban J connectivity index is 1.73. The highest BCUT2D eigenvalue weighted by Crippen LogP contribution is 2.20. The molecule has 0 unspecified atom stereocenters. The Morgan fingerprint density at radius 1 is 0.720 bits per heavy atom. The second kappa shape index (κ2) is 8.41. The van der Waals surface area contributed by atoms with Crippen molar-refractivity contribution in [2.75, 3.05) is 5.88 Å². The monoisotopic (exact) mass is 361 g/mol. The number of hydrogen-bond donors (Lipinski definition) is 0. The molecule has 3 aromatic rings. The normalized spacial score (nSPS) is 9.52. The van der Waals surface area contributed by atoms with E-state index in [1.54, 1.807) is 0 Å². The molecule has 0 radical (unpaired) electrons. The van der Waals surface area contributed by atoms with Crippen molar-refractivity contribution in [2.24, 2.45) is 0 Å². The predicted octanol–water partition coefficient (Wildman–Crippen LogP) is 5.39. The van der Waals surface area contributed by atoms with Gasteiger partial charge in [-0.2, -0.15) is 0 Å². The van der Waals surface area contributed by atoms with Gasteiger partial charge in [-0.05, 0) is 53.9 Å². The lowest BCUT2D eigenvalue weighted by Gasteiger charge is -2.01. The number of aromatic nitrogens is 1. The topological polar surface area (TPSA) is 12.9 Å². The fourth-order valence-electron chi connectivity index (χ4n) is 2.19. The standard InChI is InChI=1S/C22H13Cl2N/c23-15-1-2-17-3-5-18(6-4-17)7-13-22-14-10-20(16-25-22)19-8-11-21(24)12-9-19/h3-6,8-12,14,16H,15H2. The second-order valence-corrected chi connectivity index (χ2v) is 5.91. The Labute approximate surface area is 157 Å². The third-order valence-electron chi connectivity index (χ3n) is 3.46. The molecule has 0 amide bonds. The summed E-state index contributed by atoms with van der Waals surface area (Å²) in [4.78, 5) is 4.41. The van der Waals surface area contributed by atoms with Crippen molar-refractivity contribution in [3.05, 3.63) is 88.7 Å². The van der Waals surface area contributed by atoms with Gasteiger partial charge >= 0.3 is 0 Å². The van der Waals surface area contributed by atoms with Gasteiger partial charge in [0.15, 0.2) is 0 Å². The van der Waals surface area contributed by atoms with Crippen LogP contribution in [0.25, 0.3) is 11.1 Å². The van der Waals surface area contributed by atoms with Crippen LogP contribution in [0.15, 0.2) is 66.9 Å². The summed E-state index contributed by atoms with van der Waals surface area (Å²) in [6.45, 7) is 0. The van der Waals surface area contributed by atoms with Gasteiger partial charge < -0.3 is 0 Å². The number of nitrogens with zero attached hydrogens (tertiary/aromatic N) is 1. The third kappa shape index (κ3) is 4.88. The van der Waals surface area contributed by atoms with E-state index in [0.29, 0.717) is 5.88 Å². The van der Waals surface area contributed by atoms with E-state index in [1.165, 1.54) is 0 Å². The Hall–Kier alpha value is -2.71. The van der Waals surface area contributed by atoms with Crippen LogP contribution in [0.5, 0.6) is 0 Å². The number of hydrogen-bond acceptors (Lipinski definition) is 1. The van der Waals surface area contributed by atoms with Gasteiger partial charge in [-0.3, -0.25) is 0 Å².